The summed E-state index contributed by atoms with van der Waals surface area (Å²) in [7, 11) is 4.70. The Morgan fingerprint density at radius 1 is 1.20 bits per heavy atom. The maximum absolute atomic E-state index is 13.7. The van der Waals surface area contributed by atoms with Gasteiger partial charge in [0.2, 0.25) is 5.78 Å². The van der Waals surface area contributed by atoms with Crippen molar-refractivity contribution in [2.75, 3.05) is 27.7 Å². The predicted molar refractivity (Wildman–Crippen MR) is 132 cm³/mol. The second kappa shape index (κ2) is 9.78. The van der Waals surface area contributed by atoms with Gasteiger partial charge in [-0.05, 0) is 52.5 Å². The lowest BCUT2D eigenvalue weighted by molar-refractivity contribution is -0.275. The van der Waals surface area contributed by atoms with Crippen LogP contribution in [0.25, 0.3) is 0 Å². The molecule has 0 unspecified atom stereocenters. The molecule has 1 amide bonds. The van der Waals surface area contributed by atoms with Crippen LogP contribution in [0.2, 0.25) is 0 Å². The van der Waals surface area contributed by atoms with Crippen LogP contribution in [-0.2, 0) is 22.6 Å². The van der Waals surface area contributed by atoms with Crippen molar-refractivity contribution in [3.63, 3.8) is 0 Å². The number of hydrogen-bond donors (Lipinski definition) is 5. The number of ketones is 2. The fourth-order valence-corrected chi connectivity index (χ4v) is 6.17. The minimum atomic E-state index is -5.13. The number of Topliss-reactive ketones (excluding diaryl/α,β-unsaturated/α-hetero) is 2. The van der Waals surface area contributed by atoms with Crippen LogP contribution in [0.3, 0.4) is 0 Å². The van der Waals surface area contributed by atoms with Gasteiger partial charge in [0.15, 0.2) is 11.4 Å². The third-order valence-corrected chi connectivity index (χ3v) is 7.87. The van der Waals surface area contributed by atoms with E-state index in [9.17, 15) is 48.0 Å². The Balaban J connectivity index is 1.97. The molecule has 11 nitrogen and oxygen atoms in total. The maximum atomic E-state index is 13.7. The first-order chi connectivity index (χ1) is 18.4. The van der Waals surface area contributed by atoms with Crippen molar-refractivity contribution in [3.8, 4) is 11.5 Å². The molecule has 0 heterocycles. The summed E-state index contributed by atoms with van der Waals surface area (Å²) >= 11 is 0. The molecule has 4 atom stereocenters. The largest absolute Gasteiger partial charge is 0.573 e. The quantitative estimate of drug-likeness (QED) is 0.316. The lowest BCUT2D eigenvalue weighted by Crippen LogP contribution is -2.64. The van der Waals surface area contributed by atoms with Crippen molar-refractivity contribution < 1.29 is 52.7 Å². The number of phenolic OH excluding ortho intramolecular Hbond substituents is 1. The molecule has 218 valence electrons. The minimum absolute atomic E-state index is 0.0431. The summed E-state index contributed by atoms with van der Waals surface area (Å²) in [5.41, 5.74) is 0.189. The van der Waals surface area contributed by atoms with Crippen LogP contribution >= 0.6 is 0 Å². The highest BCUT2D eigenvalue weighted by molar-refractivity contribution is 6.24. The lowest BCUT2D eigenvalue weighted by atomic mass is 9.58. The zero-order valence-corrected chi connectivity index (χ0v) is 22.2. The molecule has 1 aromatic carbocycles. The van der Waals surface area contributed by atoms with Gasteiger partial charge in [-0.15, -0.1) is 13.2 Å². The van der Waals surface area contributed by atoms with Gasteiger partial charge < -0.3 is 35.8 Å². The van der Waals surface area contributed by atoms with Gasteiger partial charge in [-0.2, -0.15) is 0 Å². The molecule has 6 N–H and O–H groups in total. The molecule has 3 aliphatic carbocycles. The number of hydrogen-bond acceptors (Lipinski definition) is 10. The number of aliphatic hydroxyl groups is 3. The van der Waals surface area contributed by atoms with Gasteiger partial charge in [-0.3, -0.25) is 19.3 Å². The number of halogens is 3. The zero-order chi connectivity index (χ0) is 30.1. The molecular formula is C26H30F3N3O8. The molecule has 0 saturated heterocycles. The highest BCUT2D eigenvalue weighted by atomic mass is 19.4. The van der Waals surface area contributed by atoms with Crippen molar-refractivity contribution in [2.24, 2.45) is 17.6 Å². The summed E-state index contributed by atoms with van der Waals surface area (Å²) in [6.45, 7) is 1.86. The number of nitrogens with zero attached hydrogens (tertiary/aromatic N) is 2. The molecule has 0 fully saturated rings. The van der Waals surface area contributed by atoms with Gasteiger partial charge in [-0.25, -0.2) is 0 Å². The van der Waals surface area contributed by atoms with Gasteiger partial charge in [-0.1, -0.05) is 6.92 Å². The monoisotopic (exact) mass is 569 g/mol. The smallest absolute Gasteiger partial charge is 0.510 e. The highest BCUT2D eigenvalue weighted by Gasteiger charge is 2.63. The van der Waals surface area contributed by atoms with Gasteiger partial charge in [0, 0.05) is 29.2 Å². The Labute approximate surface area is 226 Å². The highest BCUT2D eigenvalue weighted by Crippen LogP contribution is 2.54. The van der Waals surface area contributed by atoms with Gasteiger partial charge >= 0.3 is 6.36 Å². The molecule has 0 aliphatic heterocycles. The van der Waals surface area contributed by atoms with Gasteiger partial charge in [0.1, 0.15) is 28.6 Å². The number of allylic oxidation sites excluding steroid dienone is 1. The normalized spacial score (nSPS) is 26.7. The second-order valence-corrected chi connectivity index (χ2v) is 10.6. The molecule has 0 aromatic heterocycles. The second-order valence-electron chi connectivity index (χ2n) is 10.6. The van der Waals surface area contributed by atoms with Crippen LogP contribution in [0.4, 0.5) is 13.2 Å². The van der Waals surface area contributed by atoms with E-state index in [4.69, 9.17) is 5.73 Å². The Bertz CT molecular complexity index is 1370. The van der Waals surface area contributed by atoms with Crippen molar-refractivity contribution in [1.82, 2.24) is 9.80 Å². The van der Waals surface area contributed by atoms with Gasteiger partial charge in [0.25, 0.3) is 5.91 Å². The van der Waals surface area contributed by atoms with E-state index in [1.54, 1.807) is 21.0 Å². The molecule has 1 aromatic rings. The molecule has 40 heavy (non-hydrogen) atoms. The van der Waals surface area contributed by atoms with E-state index in [2.05, 4.69) is 4.74 Å². The zero-order valence-electron chi connectivity index (χ0n) is 22.2. The van der Waals surface area contributed by atoms with Crippen LogP contribution in [-0.4, -0.2) is 93.4 Å². The van der Waals surface area contributed by atoms with Crippen molar-refractivity contribution >= 4 is 17.5 Å². The first kappa shape index (κ1) is 29.4. The summed E-state index contributed by atoms with van der Waals surface area (Å²) < 4.78 is 44.8. The number of ether oxygens (including phenoxy) is 1. The summed E-state index contributed by atoms with van der Waals surface area (Å²) in [5.74, 6) is -9.40. The lowest BCUT2D eigenvalue weighted by Gasteiger charge is -2.50. The Morgan fingerprint density at radius 3 is 2.35 bits per heavy atom. The maximum Gasteiger partial charge on any atom is 0.573 e. The average Bonchev–Trinajstić information content (AvgIpc) is 2.82. The number of rotatable bonds is 6. The van der Waals surface area contributed by atoms with E-state index in [-0.39, 0.29) is 37.1 Å². The number of primary amides is 1. The molecule has 0 spiro atoms. The minimum Gasteiger partial charge on any atom is -0.510 e. The summed E-state index contributed by atoms with van der Waals surface area (Å²) in [6.07, 6.45) is -5.73. The Kier molecular flexibility index (Phi) is 7.18. The number of amides is 1. The van der Waals surface area contributed by atoms with E-state index in [0.717, 1.165) is 6.07 Å². The van der Waals surface area contributed by atoms with E-state index >= 15 is 0 Å². The Hall–Kier alpha value is -3.62. The predicted octanol–water partition coefficient (Wildman–Crippen LogP) is 1.47. The van der Waals surface area contributed by atoms with E-state index in [1.807, 2.05) is 0 Å². The van der Waals surface area contributed by atoms with Crippen LogP contribution in [0.15, 0.2) is 28.7 Å². The molecule has 3 aliphatic rings. The molecule has 14 heteroatoms. The fraction of sp³-hybridized carbons (Fsp3) is 0.500. The third kappa shape index (κ3) is 4.39. The first-order valence-electron chi connectivity index (χ1n) is 12.4. The van der Waals surface area contributed by atoms with Crippen LogP contribution in [0.1, 0.15) is 34.8 Å². The summed E-state index contributed by atoms with van der Waals surface area (Å²) in [5, 5.41) is 44.6. The number of likely N-dealkylation sites (N-methyl/N-ethyl adjacent to an activating group) is 1. The average molecular weight is 570 g/mol. The summed E-state index contributed by atoms with van der Waals surface area (Å²) in [6, 6.07) is -0.255. The van der Waals surface area contributed by atoms with Crippen molar-refractivity contribution in [1.29, 1.82) is 0 Å². The van der Waals surface area contributed by atoms with E-state index in [0.29, 0.717) is 0 Å². The molecule has 0 radical (unpaired) electrons. The third-order valence-electron chi connectivity index (χ3n) is 7.87. The number of alkyl halides is 3. The first-order valence-corrected chi connectivity index (χ1v) is 12.4. The van der Waals surface area contributed by atoms with Crippen LogP contribution in [0.5, 0.6) is 11.5 Å². The summed E-state index contributed by atoms with van der Waals surface area (Å²) in [4.78, 5) is 42.2. The fourth-order valence-electron chi connectivity index (χ4n) is 6.17. The standard InChI is InChI=1S/C26H30F3N3O8/c1-5-32(4)18-13-7-10-6-12-16(14(33)8-11(9-31(2)3)21(12)40-26(27,28)29)19(34)15(10)22(36)25(13,39)23(37)17(20(18)35)24(30)38/h8,10,13,18,33,35-36,39H,5-7,9H2,1-4H3,(H2,30,38)/t10-,13-,18-,25-/m0/s1. The molecule has 4 rings (SSSR count). The number of aliphatic hydroxyl groups excluding tert-OH is 2. The topological polar surface area (TPSA) is 174 Å². The van der Waals surface area contributed by atoms with E-state index < -0.39 is 87.0 Å². The van der Waals surface area contributed by atoms with Gasteiger partial charge in [0.05, 0.1) is 11.6 Å². The molecular weight excluding hydrogens is 539 g/mol. The number of phenols is 1. The van der Waals surface area contributed by atoms with Crippen LogP contribution < -0.4 is 10.5 Å². The molecule has 0 saturated carbocycles. The molecule has 0 bridgehead atoms. The Morgan fingerprint density at radius 2 is 1.82 bits per heavy atom. The number of carbonyl (C=O) groups excluding carboxylic acids is 3. The van der Waals surface area contributed by atoms with Crippen molar-refractivity contribution in [3.05, 3.63) is 45.4 Å². The van der Waals surface area contributed by atoms with E-state index in [1.165, 1.54) is 16.8 Å². The van der Waals surface area contributed by atoms with Crippen LogP contribution in [0, 0.1) is 11.8 Å². The SMILES string of the molecule is CCN(C)[C@@H]1C(O)=C(C(N)=O)C(=O)[C@@]2(O)C(O)=C3C(=O)c4c(O)cc(CN(C)C)c(OC(F)(F)F)c4C[C@H]3C[C@@H]12. The van der Waals surface area contributed by atoms with Crippen molar-refractivity contribution in [2.45, 2.75) is 44.3 Å². The number of fused-ring (bicyclic) bond motifs is 3. The number of nitrogens with two attached hydrogens (primary N) is 1. The number of carbonyl (C=O) groups is 3. The number of aromatic hydroxyl groups is 1. The number of benzene rings is 1.